The SMILES string of the molecule is c1ccc(-c2nc(-c3ccccc3)nc(-n3c4ccccc4c4ccc5c6ccccc6n(-c6ccccc6-c6nc7ccccc7s6)c5c43)n2)cc1. The van der Waals surface area contributed by atoms with E-state index in [9.17, 15) is 0 Å². The van der Waals surface area contributed by atoms with E-state index in [4.69, 9.17) is 19.9 Å². The van der Waals surface area contributed by atoms with E-state index in [0.717, 1.165) is 71.1 Å². The number of aromatic nitrogens is 6. The molecule has 0 saturated carbocycles. The van der Waals surface area contributed by atoms with Gasteiger partial charge in [-0.1, -0.05) is 133 Å². The molecule has 53 heavy (non-hydrogen) atoms. The smallest absolute Gasteiger partial charge is 0.238 e. The van der Waals surface area contributed by atoms with Gasteiger partial charge in [-0.25, -0.2) is 9.97 Å². The molecule has 0 N–H and O–H groups in total. The maximum Gasteiger partial charge on any atom is 0.238 e. The second-order valence-corrected chi connectivity index (χ2v) is 14.1. The zero-order chi connectivity index (χ0) is 34.9. The highest BCUT2D eigenvalue weighted by Crippen LogP contribution is 2.43. The summed E-state index contributed by atoms with van der Waals surface area (Å²) in [5.74, 6) is 1.80. The molecule has 4 aromatic heterocycles. The van der Waals surface area contributed by atoms with Gasteiger partial charge in [-0.2, -0.15) is 9.97 Å². The summed E-state index contributed by atoms with van der Waals surface area (Å²) in [6.07, 6.45) is 0. The van der Waals surface area contributed by atoms with E-state index in [-0.39, 0.29) is 0 Å². The standard InChI is InChI=1S/C46H28N6S/c1-3-15-29(16-4-1)43-48-44(30-17-5-2-6-18-30)50-46(49-43)52-38-24-12-8-20-32(38)34-28-27-33-31-19-7-11-23-37(31)51(41(33)42(34)52)39-25-13-9-21-35(39)45-47-36-22-10-14-26-40(36)53-45/h1-28H. The van der Waals surface area contributed by atoms with Gasteiger partial charge in [0.2, 0.25) is 5.95 Å². The fraction of sp³-hybridized carbons (Fsp3) is 0. The molecule has 7 aromatic carbocycles. The normalized spacial score (nSPS) is 11.8. The van der Waals surface area contributed by atoms with Gasteiger partial charge < -0.3 is 4.57 Å². The van der Waals surface area contributed by atoms with Crippen LogP contribution in [0.15, 0.2) is 170 Å². The summed E-state index contributed by atoms with van der Waals surface area (Å²) >= 11 is 1.72. The third kappa shape index (κ3) is 4.64. The Balaban J connectivity index is 1.29. The van der Waals surface area contributed by atoms with E-state index in [2.05, 4.69) is 137 Å². The molecule has 0 spiro atoms. The van der Waals surface area contributed by atoms with Crippen molar-refractivity contribution in [3.63, 3.8) is 0 Å². The molecule has 0 atom stereocenters. The van der Waals surface area contributed by atoms with Gasteiger partial charge in [0.15, 0.2) is 11.6 Å². The Bertz CT molecular complexity index is 3090. The van der Waals surface area contributed by atoms with E-state index in [0.29, 0.717) is 17.6 Å². The van der Waals surface area contributed by atoms with Crippen LogP contribution in [0, 0.1) is 0 Å². The Morgan fingerprint density at radius 2 is 0.925 bits per heavy atom. The first kappa shape index (κ1) is 29.7. The summed E-state index contributed by atoms with van der Waals surface area (Å²) < 4.78 is 5.82. The van der Waals surface area contributed by atoms with Gasteiger partial charge in [-0.05, 0) is 36.4 Å². The number of benzene rings is 7. The molecule has 6 nitrogen and oxygen atoms in total. The fourth-order valence-corrected chi connectivity index (χ4v) is 8.69. The highest BCUT2D eigenvalue weighted by molar-refractivity contribution is 7.21. The van der Waals surface area contributed by atoms with Gasteiger partial charge in [0.05, 0.1) is 38.0 Å². The molecule has 0 fully saturated rings. The van der Waals surface area contributed by atoms with Gasteiger partial charge in [0.25, 0.3) is 0 Å². The Morgan fingerprint density at radius 3 is 1.58 bits per heavy atom. The summed E-state index contributed by atoms with van der Waals surface area (Å²) in [5, 5.41) is 5.56. The highest BCUT2D eigenvalue weighted by atomic mass is 32.1. The Kier molecular flexibility index (Phi) is 6.62. The van der Waals surface area contributed by atoms with E-state index in [1.807, 2.05) is 42.5 Å². The molecule has 0 aliphatic carbocycles. The summed E-state index contributed by atoms with van der Waals surface area (Å²) in [6.45, 7) is 0. The van der Waals surface area contributed by atoms with Gasteiger partial charge in [0, 0.05) is 38.2 Å². The van der Waals surface area contributed by atoms with Gasteiger partial charge in [-0.15, -0.1) is 11.3 Å². The molecule has 0 unspecified atom stereocenters. The molecule has 11 rings (SSSR count). The largest absolute Gasteiger partial charge is 0.306 e. The van der Waals surface area contributed by atoms with Crippen LogP contribution in [0.1, 0.15) is 0 Å². The Labute approximate surface area is 307 Å². The van der Waals surface area contributed by atoms with Crippen LogP contribution in [0.2, 0.25) is 0 Å². The minimum absolute atomic E-state index is 0.563. The van der Waals surface area contributed by atoms with Crippen molar-refractivity contribution < 1.29 is 0 Å². The quantitative estimate of drug-likeness (QED) is 0.180. The van der Waals surface area contributed by atoms with Crippen molar-refractivity contribution in [2.75, 3.05) is 0 Å². The predicted molar refractivity (Wildman–Crippen MR) is 218 cm³/mol. The van der Waals surface area contributed by atoms with Crippen molar-refractivity contribution in [1.82, 2.24) is 29.1 Å². The molecule has 0 bridgehead atoms. The second kappa shape index (κ2) is 11.8. The van der Waals surface area contributed by atoms with Crippen LogP contribution in [0.25, 0.3) is 98.8 Å². The van der Waals surface area contributed by atoms with E-state index >= 15 is 0 Å². The average molecular weight is 697 g/mol. The number of nitrogens with zero attached hydrogens (tertiary/aromatic N) is 6. The number of hydrogen-bond acceptors (Lipinski definition) is 5. The van der Waals surface area contributed by atoms with Gasteiger partial charge >= 0.3 is 0 Å². The summed E-state index contributed by atoms with van der Waals surface area (Å²) in [4.78, 5) is 20.6. The molecule has 248 valence electrons. The van der Waals surface area contributed by atoms with Crippen LogP contribution < -0.4 is 0 Å². The van der Waals surface area contributed by atoms with Crippen molar-refractivity contribution in [1.29, 1.82) is 0 Å². The molecule has 0 aliphatic rings. The van der Waals surface area contributed by atoms with E-state index in [1.165, 1.54) is 10.1 Å². The summed E-state index contributed by atoms with van der Waals surface area (Å²) in [5.41, 5.74) is 9.25. The first-order chi connectivity index (χ1) is 26.3. The minimum atomic E-state index is 0.563. The van der Waals surface area contributed by atoms with Crippen molar-refractivity contribution in [2.45, 2.75) is 0 Å². The second-order valence-electron chi connectivity index (χ2n) is 13.1. The zero-order valence-electron chi connectivity index (χ0n) is 28.3. The lowest BCUT2D eigenvalue weighted by Crippen LogP contribution is -2.07. The van der Waals surface area contributed by atoms with Crippen molar-refractivity contribution in [3.05, 3.63) is 170 Å². The van der Waals surface area contributed by atoms with Crippen LogP contribution in [0.5, 0.6) is 0 Å². The van der Waals surface area contributed by atoms with Crippen LogP contribution in [-0.4, -0.2) is 29.1 Å². The van der Waals surface area contributed by atoms with Crippen LogP contribution in [0.3, 0.4) is 0 Å². The number of rotatable bonds is 5. The maximum absolute atomic E-state index is 5.25. The van der Waals surface area contributed by atoms with Crippen molar-refractivity contribution in [3.8, 4) is 45.0 Å². The molecule has 7 heteroatoms. The van der Waals surface area contributed by atoms with Crippen molar-refractivity contribution >= 4 is 65.2 Å². The zero-order valence-corrected chi connectivity index (χ0v) is 29.1. The number of thiazole rings is 1. The van der Waals surface area contributed by atoms with Crippen molar-refractivity contribution in [2.24, 2.45) is 0 Å². The predicted octanol–water partition coefficient (Wildman–Crippen LogP) is 11.7. The first-order valence-electron chi connectivity index (χ1n) is 17.6. The molecule has 0 radical (unpaired) electrons. The molecule has 4 heterocycles. The summed E-state index contributed by atoms with van der Waals surface area (Å²) in [7, 11) is 0. The summed E-state index contributed by atoms with van der Waals surface area (Å²) in [6, 6.07) is 59.0. The Hall–Kier alpha value is -6.96. The van der Waals surface area contributed by atoms with Gasteiger partial charge in [-0.3, -0.25) is 4.57 Å². The molecule has 0 amide bonds. The monoisotopic (exact) mass is 696 g/mol. The number of hydrogen-bond donors (Lipinski definition) is 0. The fourth-order valence-electron chi connectivity index (χ4n) is 7.69. The topological polar surface area (TPSA) is 61.4 Å². The molecular formula is C46H28N6S. The lowest BCUT2D eigenvalue weighted by Gasteiger charge is -2.15. The van der Waals surface area contributed by atoms with Crippen LogP contribution in [0.4, 0.5) is 0 Å². The molecule has 0 saturated heterocycles. The van der Waals surface area contributed by atoms with E-state index < -0.39 is 0 Å². The maximum atomic E-state index is 5.25. The molecule has 0 aliphatic heterocycles. The lowest BCUT2D eigenvalue weighted by atomic mass is 10.1. The Morgan fingerprint density at radius 1 is 0.396 bits per heavy atom. The van der Waals surface area contributed by atoms with Crippen LogP contribution in [-0.2, 0) is 0 Å². The molecular weight excluding hydrogens is 669 g/mol. The average Bonchev–Trinajstić information content (AvgIpc) is 3.92. The minimum Gasteiger partial charge on any atom is -0.306 e. The first-order valence-corrected chi connectivity index (χ1v) is 18.4. The van der Waals surface area contributed by atoms with Crippen LogP contribution >= 0.6 is 11.3 Å². The third-order valence-corrected chi connectivity index (χ3v) is 11.1. The molecule has 11 aromatic rings. The lowest BCUT2D eigenvalue weighted by molar-refractivity contribution is 0.953. The van der Waals surface area contributed by atoms with E-state index in [1.54, 1.807) is 11.3 Å². The third-order valence-electron chi connectivity index (χ3n) is 10.0. The highest BCUT2D eigenvalue weighted by Gasteiger charge is 2.24. The number of para-hydroxylation sites is 4. The van der Waals surface area contributed by atoms with Gasteiger partial charge in [0.1, 0.15) is 5.01 Å². The number of fused-ring (bicyclic) bond motifs is 8.